The maximum Gasteiger partial charge on any atom is 0.333 e. The Morgan fingerprint density at radius 1 is 1.50 bits per heavy atom. The van der Waals surface area contributed by atoms with Crippen LogP contribution in [0, 0.1) is 12.8 Å². The molecule has 0 aromatic carbocycles. The Morgan fingerprint density at radius 2 is 2.18 bits per heavy atom. The van der Waals surface area contributed by atoms with Gasteiger partial charge < -0.3 is 14.9 Å². The first kappa shape index (κ1) is 16.9. The Balaban J connectivity index is 2.42. The van der Waals surface area contributed by atoms with E-state index in [0.717, 1.165) is 4.57 Å². The van der Waals surface area contributed by atoms with Gasteiger partial charge in [0.25, 0.3) is 5.56 Å². The van der Waals surface area contributed by atoms with Crippen LogP contribution in [0.1, 0.15) is 25.1 Å². The summed E-state index contributed by atoms with van der Waals surface area (Å²) in [5, 5.41) is 18.9. The van der Waals surface area contributed by atoms with Gasteiger partial charge in [0.05, 0.1) is 19.4 Å². The molecule has 7 nitrogen and oxygen atoms in total. The van der Waals surface area contributed by atoms with Gasteiger partial charge in [-0.2, -0.15) is 0 Å². The van der Waals surface area contributed by atoms with E-state index in [1.165, 1.54) is 10.8 Å². The lowest BCUT2D eigenvalue weighted by atomic mass is 10.2. The molecular weight excluding hydrogens is 295 g/mol. The van der Waals surface area contributed by atoms with Crippen LogP contribution in [-0.4, -0.2) is 44.8 Å². The van der Waals surface area contributed by atoms with Crippen molar-refractivity contribution in [2.45, 2.75) is 45.2 Å². The Labute approximate surface area is 126 Å². The lowest BCUT2D eigenvalue weighted by molar-refractivity contribution is -0.0464. The van der Waals surface area contributed by atoms with Gasteiger partial charge in [0.15, 0.2) is 0 Å². The standard InChI is InChI=1S/C14H21FN2O5/c1-8(4-15)5-17-13(20)9(2)6-16(14(17)21)12-3-10(19)11(7-18)22-12/h6,8,10-12,18-19H,3-5,7H2,1-2H3/t8?,10-,11-,12-/m0/s1. The highest BCUT2D eigenvalue weighted by Gasteiger charge is 2.35. The molecule has 8 heteroatoms. The number of hydrogen-bond acceptors (Lipinski definition) is 5. The summed E-state index contributed by atoms with van der Waals surface area (Å²) in [4.78, 5) is 24.6. The molecule has 0 bridgehead atoms. The molecule has 1 aliphatic heterocycles. The topological polar surface area (TPSA) is 93.7 Å². The Hall–Kier alpha value is -1.51. The lowest BCUT2D eigenvalue weighted by Crippen LogP contribution is -2.43. The average molecular weight is 316 g/mol. The molecule has 1 saturated heterocycles. The number of hydrogen-bond donors (Lipinski definition) is 2. The van der Waals surface area contributed by atoms with Crippen LogP contribution in [0.15, 0.2) is 15.8 Å². The Morgan fingerprint density at radius 3 is 2.73 bits per heavy atom. The zero-order chi connectivity index (χ0) is 16.4. The molecule has 2 rings (SSSR count). The first-order chi connectivity index (χ1) is 10.4. The zero-order valence-corrected chi connectivity index (χ0v) is 12.6. The molecule has 22 heavy (non-hydrogen) atoms. The van der Waals surface area contributed by atoms with Gasteiger partial charge in [-0.15, -0.1) is 0 Å². The molecule has 1 unspecified atom stereocenters. The molecule has 1 aliphatic rings. The first-order valence-corrected chi connectivity index (χ1v) is 7.22. The van der Waals surface area contributed by atoms with E-state index in [0.29, 0.717) is 5.56 Å². The van der Waals surface area contributed by atoms with Crippen LogP contribution in [0.5, 0.6) is 0 Å². The molecule has 1 fully saturated rings. The highest BCUT2D eigenvalue weighted by atomic mass is 19.1. The fourth-order valence-corrected chi connectivity index (χ4v) is 2.54. The first-order valence-electron chi connectivity index (χ1n) is 7.22. The van der Waals surface area contributed by atoms with Crippen molar-refractivity contribution in [3.05, 3.63) is 32.6 Å². The van der Waals surface area contributed by atoms with E-state index in [1.54, 1.807) is 13.8 Å². The second kappa shape index (κ2) is 6.72. The largest absolute Gasteiger partial charge is 0.394 e. The van der Waals surface area contributed by atoms with Crippen molar-refractivity contribution in [3.8, 4) is 0 Å². The normalized spacial score (nSPS) is 26.3. The molecule has 2 heterocycles. The molecule has 0 aliphatic carbocycles. The molecule has 1 aromatic rings. The van der Waals surface area contributed by atoms with Crippen LogP contribution in [0.3, 0.4) is 0 Å². The number of ether oxygens (including phenoxy) is 1. The number of aliphatic hydroxyl groups is 2. The third-order valence-corrected chi connectivity index (χ3v) is 3.82. The van der Waals surface area contributed by atoms with Crippen molar-refractivity contribution in [2.75, 3.05) is 13.3 Å². The van der Waals surface area contributed by atoms with Gasteiger partial charge >= 0.3 is 5.69 Å². The average Bonchev–Trinajstić information content (AvgIpc) is 2.87. The highest BCUT2D eigenvalue weighted by Crippen LogP contribution is 2.27. The fraction of sp³-hybridized carbons (Fsp3) is 0.714. The second-order valence-electron chi connectivity index (χ2n) is 5.79. The molecule has 0 spiro atoms. The number of alkyl halides is 1. The predicted molar refractivity (Wildman–Crippen MR) is 76.5 cm³/mol. The quantitative estimate of drug-likeness (QED) is 0.768. The molecule has 0 radical (unpaired) electrons. The molecular formula is C14H21FN2O5. The fourth-order valence-electron chi connectivity index (χ4n) is 2.54. The van der Waals surface area contributed by atoms with Crippen molar-refractivity contribution in [1.82, 2.24) is 9.13 Å². The van der Waals surface area contributed by atoms with Gasteiger partial charge in [-0.25, -0.2) is 4.79 Å². The SMILES string of the molecule is Cc1cn([C@@H]2C[C@H](O)[C@H](CO)O2)c(=O)n(CC(C)CF)c1=O. The minimum absolute atomic E-state index is 0.0193. The third-order valence-electron chi connectivity index (χ3n) is 3.82. The van der Waals surface area contributed by atoms with E-state index in [1.807, 2.05) is 0 Å². The Kier molecular flexibility index (Phi) is 5.15. The van der Waals surface area contributed by atoms with Crippen molar-refractivity contribution in [1.29, 1.82) is 0 Å². The lowest BCUT2D eigenvalue weighted by Gasteiger charge is -2.18. The van der Waals surface area contributed by atoms with Crippen LogP contribution < -0.4 is 11.2 Å². The summed E-state index contributed by atoms with van der Waals surface area (Å²) in [6, 6.07) is 0. The number of rotatable bonds is 5. The summed E-state index contributed by atoms with van der Waals surface area (Å²) in [5.74, 6) is -0.457. The van der Waals surface area contributed by atoms with Gasteiger partial charge in [0.2, 0.25) is 0 Å². The van der Waals surface area contributed by atoms with Gasteiger partial charge in [-0.3, -0.25) is 18.3 Å². The van der Waals surface area contributed by atoms with E-state index in [-0.39, 0.29) is 19.6 Å². The van der Waals surface area contributed by atoms with E-state index in [9.17, 15) is 19.1 Å². The smallest absolute Gasteiger partial charge is 0.333 e. The van der Waals surface area contributed by atoms with E-state index < -0.39 is 42.3 Å². The van der Waals surface area contributed by atoms with Gasteiger partial charge in [0.1, 0.15) is 12.3 Å². The van der Waals surface area contributed by atoms with Gasteiger partial charge in [-0.1, -0.05) is 6.92 Å². The summed E-state index contributed by atoms with van der Waals surface area (Å²) in [7, 11) is 0. The molecule has 0 amide bonds. The summed E-state index contributed by atoms with van der Waals surface area (Å²) in [6.45, 7) is 2.16. The van der Waals surface area contributed by atoms with Crippen molar-refractivity contribution < 1.29 is 19.3 Å². The number of aliphatic hydroxyl groups excluding tert-OH is 2. The van der Waals surface area contributed by atoms with Crippen LogP contribution in [-0.2, 0) is 11.3 Å². The van der Waals surface area contributed by atoms with Crippen molar-refractivity contribution >= 4 is 0 Å². The molecule has 124 valence electrons. The van der Waals surface area contributed by atoms with E-state index in [4.69, 9.17) is 9.84 Å². The summed E-state index contributed by atoms with van der Waals surface area (Å²) in [6.07, 6.45) is -0.888. The molecule has 0 saturated carbocycles. The summed E-state index contributed by atoms with van der Waals surface area (Å²) >= 11 is 0. The van der Waals surface area contributed by atoms with Crippen LogP contribution in [0.25, 0.3) is 0 Å². The van der Waals surface area contributed by atoms with E-state index >= 15 is 0 Å². The van der Waals surface area contributed by atoms with Crippen LogP contribution in [0.4, 0.5) is 4.39 Å². The zero-order valence-electron chi connectivity index (χ0n) is 12.6. The molecule has 2 N–H and O–H groups in total. The summed E-state index contributed by atoms with van der Waals surface area (Å²) < 4.78 is 20.3. The van der Waals surface area contributed by atoms with Crippen molar-refractivity contribution in [2.24, 2.45) is 5.92 Å². The van der Waals surface area contributed by atoms with E-state index in [2.05, 4.69) is 0 Å². The molecule has 1 aromatic heterocycles. The Bertz CT molecular complexity index is 641. The number of aryl methyl sites for hydroxylation is 1. The minimum atomic E-state index is -0.882. The summed E-state index contributed by atoms with van der Waals surface area (Å²) in [5.41, 5.74) is -0.735. The minimum Gasteiger partial charge on any atom is -0.394 e. The van der Waals surface area contributed by atoms with Gasteiger partial charge in [-0.05, 0) is 6.92 Å². The highest BCUT2D eigenvalue weighted by molar-refractivity contribution is 5.04. The maximum atomic E-state index is 12.7. The second-order valence-corrected chi connectivity index (χ2v) is 5.79. The number of aromatic nitrogens is 2. The maximum absolute atomic E-state index is 12.7. The van der Waals surface area contributed by atoms with Crippen molar-refractivity contribution in [3.63, 3.8) is 0 Å². The van der Waals surface area contributed by atoms with Crippen LogP contribution >= 0.6 is 0 Å². The van der Waals surface area contributed by atoms with Crippen LogP contribution in [0.2, 0.25) is 0 Å². The number of nitrogens with zero attached hydrogens (tertiary/aromatic N) is 2. The van der Waals surface area contributed by atoms with Gasteiger partial charge in [0, 0.05) is 30.6 Å². The molecule has 4 atom stereocenters. The third kappa shape index (κ3) is 3.13. The number of halogens is 1. The predicted octanol–water partition coefficient (Wildman–Crippen LogP) is -0.435. The monoisotopic (exact) mass is 316 g/mol.